The molecule has 0 aromatic carbocycles. The van der Waals surface area contributed by atoms with Crippen molar-refractivity contribution >= 4 is 11.8 Å². The quantitative estimate of drug-likeness (QED) is 0.376. The van der Waals surface area contributed by atoms with Gasteiger partial charge in [-0.25, -0.2) is 0 Å². The average molecular weight is 469 g/mol. The molecule has 4 saturated carbocycles. The minimum atomic E-state index is 0.119. The fourth-order valence-electron chi connectivity index (χ4n) is 9.53. The molecule has 0 aromatic heterocycles. The van der Waals surface area contributed by atoms with Crippen molar-refractivity contribution in [2.45, 2.75) is 123 Å². The Morgan fingerprint density at radius 2 is 1.79 bits per heavy atom. The highest BCUT2D eigenvalue weighted by Gasteiger charge is 2.61. The minimum absolute atomic E-state index is 0.119. The highest BCUT2D eigenvalue weighted by atomic mass is 16.5. The Kier molecular flexibility index (Phi) is 7.29. The number of ether oxygens (including phenoxy) is 1. The molecule has 0 amide bonds. The van der Waals surface area contributed by atoms with E-state index in [-0.39, 0.29) is 23.4 Å². The first kappa shape index (κ1) is 24.6. The number of hydrogen-bond donors (Lipinski definition) is 0. The zero-order valence-electron chi connectivity index (χ0n) is 22.0. The van der Waals surface area contributed by atoms with Gasteiger partial charge in [0.15, 0.2) is 5.78 Å². The molecule has 5 aliphatic rings. The summed E-state index contributed by atoms with van der Waals surface area (Å²) in [6.07, 6.45) is 19.5. The van der Waals surface area contributed by atoms with Gasteiger partial charge in [0, 0.05) is 11.8 Å². The second kappa shape index (κ2) is 10.1. The van der Waals surface area contributed by atoms with Gasteiger partial charge >= 0.3 is 5.97 Å². The van der Waals surface area contributed by atoms with Crippen LogP contribution in [-0.4, -0.2) is 17.9 Å². The molecule has 34 heavy (non-hydrogen) atoms. The van der Waals surface area contributed by atoms with E-state index in [9.17, 15) is 9.59 Å². The summed E-state index contributed by atoms with van der Waals surface area (Å²) in [6.45, 7) is 7.06. The maximum Gasteiger partial charge on any atom is 0.309 e. The van der Waals surface area contributed by atoms with Crippen LogP contribution in [0.2, 0.25) is 0 Å². The van der Waals surface area contributed by atoms with Crippen LogP contribution in [0.4, 0.5) is 0 Å². The molecular formula is C31H48O3. The van der Waals surface area contributed by atoms with E-state index in [4.69, 9.17) is 4.74 Å². The van der Waals surface area contributed by atoms with E-state index in [0.29, 0.717) is 23.5 Å². The first-order valence-electron chi connectivity index (χ1n) is 14.9. The Morgan fingerprint density at radius 3 is 2.53 bits per heavy atom. The first-order valence-corrected chi connectivity index (χ1v) is 14.9. The van der Waals surface area contributed by atoms with Crippen molar-refractivity contribution < 1.29 is 14.3 Å². The van der Waals surface area contributed by atoms with Crippen LogP contribution in [0.3, 0.4) is 0 Å². The summed E-state index contributed by atoms with van der Waals surface area (Å²) in [5, 5.41) is 0. The van der Waals surface area contributed by atoms with Crippen LogP contribution in [0.5, 0.6) is 0 Å². The molecule has 4 fully saturated rings. The van der Waals surface area contributed by atoms with Gasteiger partial charge in [-0.05, 0) is 112 Å². The van der Waals surface area contributed by atoms with Gasteiger partial charge in [0.25, 0.3) is 0 Å². The van der Waals surface area contributed by atoms with Crippen LogP contribution in [0, 0.1) is 46.8 Å². The third-order valence-electron chi connectivity index (χ3n) is 11.3. The molecule has 0 heterocycles. The Bertz CT molecular complexity index is 788. The molecule has 0 bridgehead atoms. The lowest BCUT2D eigenvalue weighted by Gasteiger charge is -2.56. The predicted molar refractivity (Wildman–Crippen MR) is 136 cm³/mol. The number of ketones is 1. The highest BCUT2D eigenvalue weighted by molar-refractivity contribution is 5.91. The van der Waals surface area contributed by atoms with E-state index >= 15 is 0 Å². The Labute approximate surface area is 207 Å². The normalized spacial score (nSPS) is 41.9. The van der Waals surface area contributed by atoms with Crippen molar-refractivity contribution in [1.82, 2.24) is 0 Å². The lowest BCUT2D eigenvalue weighted by atomic mass is 9.49. The summed E-state index contributed by atoms with van der Waals surface area (Å²) in [4.78, 5) is 25.4. The zero-order valence-corrected chi connectivity index (χ0v) is 22.0. The SMILES string of the molecule is CCCCC1CCC(C(=O)O[C@H]2CC[C@H]3[C@@H]4CCC5=CC(=O)CC[C@@H]5[C@H]4CC[C@]23C(C)C)CC1. The summed E-state index contributed by atoms with van der Waals surface area (Å²) in [6, 6.07) is 0. The molecular weight excluding hydrogens is 420 g/mol. The van der Waals surface area contributed by atoms with Crippen molar-refractivity contribution in [2.24, 2.45) is 46.8 Å². The molecule has 0 spiro atoms. The van der Waals surface area contributed by atoms with E-state index in [1.165, 1.54) is 63.4 Å². The topological polar surface area (TPSA) is 43.4 Å². The smallest absolute Gasteiger partial charge is 0.309 e. The molecule has 0 unspecified atom stereocenters. The third kappa shape index (κ3) is 4.32. The van der Waals surface area contributed by atoms with E-state index in [0.717, 1.165) is 56.3 Å². The maximum absolute atomic E-state index is 13.4. The fourth-order valence-corrected chi connectivity index (χ4v) is 9.53. The van der Waals surface area contributed by atoms with Gasteiger partial charge in [-0.2, -0.15) is 0 Å². The number of unbranched alkanes of at least 4 members (excludes halogenated alkanes) is 1. The monoisotopic (exact) mass is 468 g/mol. The van der Waals surface area contributed by atoms with Gasteiger partial charge in [0.2, 0.25) is 0 Å². The first-order chi connectivity index (χ1) is 16.4. The minimum Gasteiger partial charge on any atom is -0.462 e. The van der Waals surface area contributed by atoms with Crippen molar-refractivity contribution in [3.8, 4) is 0 Å². The lowest BCUT2D eigenvalue weighted by Crippen LogP contribution is -2.52. The number of carbonyl (C=O) groups excluding carboxylic acids is 2. The molecule has 3 nitrogen and oxygen atoms in total. The van der Waals surface area contributed by atoms with Crippen molar-refractivity contribution in [3.05, 3.63) is 11.6 Å². The van der Waals surface area contributed by atoms with E-state index < -0.39 is 0 Å². The standard InChI is InChI=1S/C31H48O3/c1-4-5-6-21-7-9-22(10-8-21)30(33)34-29-16-15-28-27-13-11-23-19-24(32)12-14-25(23)26(27)17-18-31(28,29)20(2)3/h19-22,25-29H,4-18H2,1-3H3/t21?,22?,25-,26+,27+,28-,29-,31+/m0/s1. The largest absolute Gasteiger partial charge is 0.462 e. The van der Waals surface area contributed by atoms with Gasteiger partial charge in [-0.15, -0.1) is 0 Å². The summed E-state index contributed by atoms with van der Waals surface area (Å²) in [5.41, 5.74) is 1.63. The van der Waals surface area contributed by atoms with Gasteiger partial charge in [-0.1, -0.05) is 45.6 Å². The fraction of sp³-hybridized carbons (Fsp3) is 0.871. The molecule has 0 radical (unpaired) electrons. The molecule has 6 atom stereocenters. The van der Waals surface area contributed by atoms with Crippen molar-refractivity contribution in [3.63, 3.8) is 0 Å². The molecule has 0 aliphatic heterocycles. The van der Waals surface area contributed by atoms with E-state index in [1.54, 1.807) is 0 Å². The van der Waals surface area contributed by atoms with Crippen LogP contribution in [-0.2, 0) is 14.3 Å². The Balaban J connectivity index is 1.26. The Morgan fingerprint density at radius 1 is 1.00 bits per heavy atom. The number of rotatable bonds is 6. The summed E-state index contributed by atoms with van der Waals surface area (Å²) >= 11 is 0. The van der Waals surface area contributed by atoms with Crippen LogP contribution in [0.1, 0.15) is 117 Å². The maximum atomic E-state index is 13.4. The van der Waals surface area contributed by atoms with Crippen molar-refractivity contribution in [1.29, 1.82) is 0 Å². The van der Waals surface area contributed by atoms with Crippen LogP contribution >= 0.6 is 0 Å². The molecule has 5 rings (SSSR count). The average Bonchev–Trinajstić information content (AvgIpc) is 3.22. The third-order valence-corrected chi connectivity index (χ3v) is 11.3. The molecule has 190 valence electrons. The molecule has 0 aromatic rings. The van der Waals surface area contributed by atoms with Gasteiger partial charge in [0.05, 0.1) is 5.92 Å². The van der Waals surface area contributed by atoms with Gasteiger partial charge in [0.1, 0.15) is 6.10 Å². The summed E-state index contributed by atoms with van der Waals surface area (Å²) in [7, 11) is 0. The van der Waals surface area contributed by atoms with Gasteiger partial charge < -0.3 is 4.74 Å². The number of fused-ring (bicyclic) bond motifs is 5. The zero-order chi connectivity index (χ0) is 23.9. The number of allylic oxidation sites excluding steroid dienone is 1. The predicted octanol–water partition coefficient (Wildman–Crippen LogP) is 7.67. The second-order valence-electron chi connectivity index (χ2n) is 13.0. The van der Waals surface area contributed by atoms with E-state index in [2.05, 4.69) is 20.8 Å². The summed E-state index contributed by atoms with van der Waals surface area (Å²) < 4.78 is 6.51. The van der Waals surface area contributed by atoms with Gasteiger partial charge in [-0.3, -0.25) is 9.59 Å². The second-order valence-corrected chi connectivity index (χ2v) is 13.0. The number of esters is 1. The Hall–Kier alpha value is -1.12. The molecule has 3 heteroatoms. The van der Waals surface area contributed by atoms with Crippen LogP contribution in [0.25, 0.3) is 0 Å². The highest BCUT2D eigenvalue weighted by Crippen LogP contribution is 2.65. The van der Waals surface area contributed by atoms with Crippen molar-refractivity contribution in [2.75, 3.05) is 0 Å². The summed E-state index contributed by atoms with van der Waals surface area (Å²) in [5.74, 6) is 4.83. The van der Waals surface area contributed by atoms with E-state index in [1.807, 2.05) is 6.08 Å². The number of hydrogen-bond acceptors (Lipinski definition) is 3. The number of carbonyl (C=O) groups is 2. The molecule has 0 N–H and O–H groups in total. The lowest BCUT2D eigenvalue weighted by molar-refractivity contribution is -0.171. The van der Waals surface area contributed by atoms with Crippen LogP contribution in [0.15, 0.2) is 11.6 Å². The molecule has 5 aliphatic carbocycles. The van der Waals surface area contributed by atoms with Crippen LogP contribution < -0.4 is 0 Å². The molecule has 0 saturated heterocycles.